The van der Waals surface area contributed by atoms with Crippen LogP contribution in [0.4, 0.5) is 4.39 Å². The number of piperidine rings is 1. The average Bonchev–Trinajstić information content (AvgIpc) is 2.46. The van der Waals surface area contributed by atoms with Gasteiger partial charge in [0, 0.05) is 6.54 Å². The van der Waals surface area contributed by atoms with E-state index in [9.17, 15) is 14.4 Å². The Balaban J connectivity index is 2.14. The van der Waals surface area contributed by atoms with E-state index in [1.165, 1.54) is 19.2 Å². The van der Waals surface area contributed by atoms with Gasteiger partial charge in [-0.25, -0.2) is 4.39 Å². The standard InChI is InChI=1S/C17H21FN2O2/c1-17(2)7-4-8-20(15(17)11-19)16(21)10-12-5-6-14(22-3)13(18)9-12/h5-6,9,15H,4,7-8,10H2,1-3H3. The fourth-order valence-electron chi connectivity index (χ4n) is 3.00. The normalized spacial score (nSPS) is 20.3. The molecule has 0 N–H and O–H groups in total. The maximum Gasteiger partial charge on any atom is 0.228 e. The maximum atomic E-state index is 13.7. The molecule has 22 heavy (non-hydrogen) atoms. The minimum Gasteiger partial charge on any atom is -0.494 e. The number of amides is 1. The van der Waals surface area contributed by atoms with Crippen LogP contribution in [0.5, 0.6) is 5.75 Å². The third-order valence-corrected chi connectivity index (χ3v) is 4.29. The lowest BCUT2D eigenvalue weighted by atomic mass is 9.77. The van der Waals surface area contributed by atoms with Crippen molar-refractivity contribution in [1.82, 2.24) is 4.90 Å². The lowest BCUT2D eigenvalue weighted by molar-refractivity contribution is -0.135. The summed E-state index contributed by atoms with van der Waals surface area (Å²) in [6.45, 7) is 4.60. The molecule has 1 aliphatic heterocycles. The number of nitrogens with zero attached hydrogens (tertiary/aromatic N) is 2. The Bertz CT molecular complexity index is 607. The van der Waals surface area contributed by atoms with Gasteiger partial charge in [0.2, 0.25) is 5.91 Å². The molecule has 1 fully saturated rings. The number of methoxy groups -OCH3 is 1. The fraction of sp³-hybridized carbons (Fsp3) is 0.529. The summed E-state index contributed by atoms with van der Waals surface area (Å²) < 4.78 is 18.6. The van der Waals surface area contributed by atoms with Crippen molar-refractivity contribution in [3.63, 3.8) is 0 Å². The third-order valence-electron chi connectivity index (χ3n) is 4.29. The average molecular weight is 304 g/mol. The van der Waals surface area contributed by atoms with E-state index >= 15 is 0 Å². The second-order valence-corrected chi connectivity index (χ2v) is 6.36. The highest BCUT2D eigenvalue weighted by Crippen LogP contribution is 2.35. The Kier molecular flexibility index (Phi) is 4.70. The first kappa shape index (κ1) is 16.3. The zero-order valence-corrected chi connectivity index (χ0v) is 13.2. The van der Waals surface area contributed by atoms with Gasteiger partial charge in [-0.1, -0.05) is 19.9 Å². The monoisotopic (exact) mass is 304 g/mol. The van der Waals surface area contributed by atoms with Crippen molar-refractivity contribution in [2.24, 2.45) is 5.41 Å². The molecule has 1 atom stereocenters. The molecule has 0 bridgehead atoms. The van der Waals surface area contributed by atoms with Crippen molar-refractivity contribution >= 4 is 5.91 Å². The number of ether oxygens (including phenoxy) is 1. The van der Waals surface area contributed by atoms with Gasteiger partial charge in [0.25, 0.3) is 0 Å². The predicted octanol–water partition coefficient (Wildman–Crippen LogP) is 2.92. The smallest absolute Gasteiger partial charge is 0.228 e. The number of hydrogen-bond acceptors (Lipinski definition) is 3. The zero-order chi connectivity index (χ0) is 16.3. The topological polar surface area (TPSA) is 53.3 Å². The second-order valence-electron chi connectivity index (χ2n) is 6.36. The van der Waals surface area contributed by atoms with Gasteiger partial charge in [0.15, 0.2) is 11.6 Å². The summed E-state index contributed by atoms with van der Waals surface area (Å²) >= 11 is 0. The highest BCUT2D eigenvalue weighted by Gasteiger charge is 2.39. The number of halogens is 1. The van der Waals surface area contributed by atoms with Gasteiger partial charge in [-0.2, -0.15) is 5.26 Å². The SMILES string of the molecule is COc1ccc(CC(=O)N2CCCC(C)(C)C2C#N)cc1F. The second kappa shape index (κ2) is 6.35. The lowest BCUT2D eigenvalue weighted by Gasteiger charge is -2.42. The summed E-state index contributed by atoms with van der Waals surface area (Å²) in [7, 11) is 1.40. The van der Waals surface area contributed by atoms with Crippen molar-refractivity contribution in [2.45, 2.75) is 39.2 Å². The van der Waals surface area contributed by atoms with E-state index in [4.69, 9.17) is 4.74 Å². The van der Waals surface area contributed by atoms with E-state index in [1.807, 2.05) is 13.8 Å². The molecule has 5 heteroatoms. The molecule has 0 aromatic heterocycles. The van der Waals surface area contributed by atoms with Gasteiger partial charge >= 0.3 is 0 Å². The fourth-order valence-corrected chi connectivity index (χ4v) is 3.00. The van der Waals surface area contributed by atoms with Crippen LogP contribution in [-0.4, -0.2) is 30.5 Å². The van der Waals surface area contributed by atoms with Gasteiger partial charge in [-0.3, -0.25) is 4.79 Å². The summed E-state index contributed by atoms with van der Waals surface area (Å²) in [5.74, 6) is -0.460. The Morgan fingerprint density at radius 2 is 2.27 bits per heavy atom. The van der Waals surface area contributed by atoms with Crippen molar-refractivity contribution in [2.75, 3.05) is 13.7 Å². The van der Waals surface area contributed by atoms with E-state index in [1.54, 1.807) is 11.0 Å². The van der Waals surface area contributed by atoms with Crippen LogP contribution in [0.15, 0.2) is 18.2 Å². The minimum absolute atomic E-state index is 0.0924. The highest BCUT2D eigenvalue weighted by molar-refractivity contribution is 5.79. The van der Waals surface area contributed by atoms with E-state index in [0.717, 1.165) is 12.8 Å². The minimum atomic E-state index is -0.483. The van der Waals surface area contributed by atoms with Crippen LogP contribution in [0.25, 0.3) is 0 Å². The number of benzene rings is 1. The molecular weight excluding hydrogens is 283 g/mol. The largest absolute Gasteiger partial charge is 0.494 e. The molecule has 118 valence electrons. The Morgan fingerprint density at radius 1 is 1.55 bits per heavy atom. The summed E-state index contributed by atoms with van der Waals surface area (Å²) in [5.41, 5.74) is 0.372. The van der Waals surface area contributed by atoms with E-state index in [-0.39, 0.29) is 23.5 Å². The third kappa shape index (κ3) is 3.22. The molecule has 1 unspecified atom stereocenters. The van der Waals surface area contributed by atoms with Crippen molar-refractivity contribution < 1.29 is 13.9 Å². The van der Waals surface area contributed by atoms with E-state index in [0.29, 0.717) is 12.1 Å². The number of rotatable bonds is 3. The van der Waals surface area contributed by atoms with Crippen LogP contribution >= 0.6 is 0 Å². The first-order valence-corrected chi connectivity index (χ1v) is 7.40. The molecule has 0 saturated carbocycles. The molecule has 2 rings (SSSR count). The Labute approximate surface area is 130 Å². The van der Waals surface area contributed by atoms with Crippen molar-refractivity contribution in [3.05, 3.63) is 29.6 Å². The molecular formula is C17H21FN2O2. The van der Waals surface area contributed by atoms with E-state index in [2.05, 4.69) is 6.07 Å². The molecule has 1 amide bonds. The molecule has 0 spiro atoms. The summed E-state index contributed by atoms with van der Waals surface area (Å²) in [5, 5.41) is 9.40. The van der Waals surface area contributed by atoms with Crippen molar-refractivity contribution in [1.29, 1.82) is 5.26 Å². The predicted molar refractivity (Wildman–Crippen MR) is 80.8 cm³/mol. The van der Waals surface area contributed by atoms with Gasteiger partial charge in [0.05, 0.1) is 19.6 Å². The molecule has 1 aromatic carbocycles. The van der Waals surface area contributed by atoms with Crippen LogP contribution in [0.3, 0.4) is 0 Å². The van der Waals surface area contributed by atoms with Crippen molar-refractivity contribution in [3.8, 4) is 11.8 Å². The molecule has 1 aromatic rings. The summed E-state index contributed by atoms with van der Waals surface area (Å²) in [6, 6.07) is 6.32. The summed E-state index contributed by atoms with van der Waals surface area (Å²) in [4.78, 5) is 14.1. The quantitative estimate of drug-likeness (QED) is 0.862. The first-order valence-electron chi connectivity index (χ1n) is 7.40. The van der Waals surface area contributed by atoms with Gasteiger partial charge < -0.3 is 9.64 Å². The molecule has 1 saturated heterocycles. The Hall–Kier alpha value is -2.09. The van der Waals surface area contributed by atoms with E-state index < -0.39 is 11.9 Å². The van der Waals surface area contributed by atoms with Gasteiger partial charge in [0.1, 0.15) is 6.04 Å². The number of hydrogen-bond donors (Lipinski definition) is 0. The molecule has 1 aliphatic rings. The van der Waals surface area contributed by atoms with Crippen LogP contribution in [0.2, 0.25) is 0 Å². The number of nitriles is 1. The first-order chi connectivity index (χ1) is 10.4. The van der Waals surface area contributed by atoms with Crippen LogP contribution in [0.1, 0.15) is 32.3 Å². The molecule has 0 radical (unpaired) electrons. The molecule has 4 nitrogen and oxygen atoms in total. The molecule has 1 heterocycles. The number of carbonyl (C=O) groups is 1. The summed E-state index contributed by atoms with van der Waals surface area (Å²) in [6.07, 6.45) is 1.90. The Morgan fingerprint density at radius 3 is 2.86 bits per heavy atom. The maximum absolute atomic E-state index is 13.7. The van der Waals surface area contributed by atoms with Gasteiger partial charge in [-0.15, -0.1) is 0 Å². The number of carbonyl (C=O) groups excluding carboxylic acids is 1. The van der Waals surface area contributed by atoms with Gasteiger partial charge in [-0.05, 0) is 36.0 Å². The molecule has 0 aliphatic carbocycles. The highest BCUT2D eigenvalue weighted by atomic mass is 19.1. The zero-order valence-electron chi connectivity index (χ0n) is 13.2. The van der Waals surface area contributed by atoms with Crippen LogP contribution in [0, 0.1) is 22.6 Å². The van der Waals surface area contributed by atoms with Crippen LogP contribution in [-0.2, 0) is 11.2 Å². The lowest BCUT2D eigenvalue weighted by Crippen LogP contribution is -2.52. The number of likely N-dealkylation sites (tertiary alicyclic amines) is 1. The van der Waals surface area contributed by atoms with Crippen LogP contribution < -0.4 is 4.74 Å².